The highest BCUT2D eigenvalue weighted by Gasteiger charge is 2.24. The summed E-state index contributed by atoms with van der Waals surface area (Å²) in [6.07, 6.45) is 7.22. The van der Waals surface area contributed by atoms with Crippen molar-refractivity contribution in [1.82, 2.24) is 19.9 Å². The molecule has 0 radical (unpaired) electrons. The number of aromatic nitrogens is 3. The Morgan fingerprint density at radius 2 is 1.62 bits per heavy atom. The molecular weight excluding hydrogens is 328 g/mol. The van der Waals surface area contributed by atoms with Crippen LogP contribution in [0.4, 0.5) is 11.8 Å². The molecule has 2 aromatic heterocycles. The van der Waals surface area contributed by atoms with E-state index in [4.69, 9.17) is 4.98 Å². The molecule has 0 aromatic carbocycles. The molecule has 4 heterocycles. The number of nitrogens with zero attached hydrogens (tertiary/aromatic N) is 6. The van der Waals surface area contributed by atoms with Crippen LogP contribution < -0.4 is 9.80 Å². The first-order chi connectivity index (χ1) is 12.8. The van der Waals surface area contributed by atoms with Crippen LogP contribution >= 0.6 is 0 Å². The zero-order chi connectivity index (χ0) is 17.8. The van der Waals surface area contributed by atoms with E-state index >= 15 is 0 Å². The fourth-order valence-electron chi connectivity index (χ4n) is 3.55. The third-order valence-corrected chi connectivity index (χ3v) is 5.04. The number of hydrogen-bond donors (Lipinski definition) is 0. The molecule has 0 saturated carbocycles. The van der Waals surface area contributed by atoms with E-state index in [1.165, 1.54) is 19.3 Å². The zero-order valence-corrected chi connectivity index (χ0v) is 14.9. The lowest BCUT2D eigenvalue weighted by atomic mass is 10.1. The first-order valence-electron chi connectivity index (χ1n) is 9.34. The molecule has 2 fully saturated rings. The minimum atomic E-state index is 0.00180. The van der Waals surface area contributed by atoms with E-state index in [-0.39, 0.29) is 5.91 Å². The Morgan fingerprint density at radius 1 is 0.808 bits per heavy atom. The van der Waals surface area contributed by atoms with E-state index < -0.39 is 0 Å². The van der Waals surface area contributed by atoms with Gasteiger partial charge in [-0.15, -0.1) is 0 Å². The van der Waals surface area contributed by atoms with Gasteiger partial charge in [0.15, 0.2) is 0 Å². The number of rotatable bonds is 3. The molecule has 26 heavy (non-hydrogen) atoms. The lowest BCUT2D eigenvalue weighted by molar-refractivity contribution is 0.0740. The molecule has 0 N–H and O–H groups in total. The third kappa shape index (κ3) is 3.61. The van der Waals surface area contributed by atoms with Gasteiger partial charge in [-0.05, 0) is 37.5 Å². The van der Waals surface area contributed by atoms with Crippen molar-refractivity contribution in [2.45, 2.75) is 19.3 Å². The van der Waals surface area contributed by atoms with Crippen LogP contribution in [0.3, 0.4) is 0 Å². The largest absolute Gasteiger partial charge is 0.353 e. The van der Waals surface area contributed by atoms with E-state index in [0.29, 0.717) is 18.8 Å². The first-order valence-corrected chi connectivity index (χ1v) is 9.34. The topological polar surface area (TPSA) is 65.5 Å². The SMILES string of the molecule is O=C(c1ccccn1)N1CCN(c2ccnc(N3CCCCC3)n2)CC1. The average Bonchev–Trinajstić information content (AvgIpc) is 2.75. The maximum Gasteiger partial charge on any atom is 0.272 e. The Kier molecular flexibility index (Phi) is 4.95. The minimum absolute atomic E-state index is 0.00180. The predicted octanol–water partition coefficient (Wildman–Crippen LogP) is 1.82. The smallest absolute Gasteiger partial charge is 0.272 e. The molecule has 2 aromatic rings. The van der Waals surface area contributed by atoms with Crippen molar-refractivity contribution in [3.63, 3.8) is 0 Å². The fraction of sp³-hybridized carbons (Fsp3) is 0.474. The van der Waals surface area contributed by atoms with Gasteiger partial charge in [-0.3, -0.25) is 9.78 Å². The highest BCUT2D eigenvalue weighted by molar-refractivity contribution is 5.92. The van der Waals surface area contributed by atoms with E-state index in [0.717, 1.165) is 37.9 Å². The summed E-state index contributed by atoms with van der Waals surface area (Å²) in [7, 11) is 0. The number of carbonyl (C=O) groups is 1. The second-order valence-electron chi connectivity index (χ2n) is 6.76. The third-order valence-electron chi connectivity index (χ3n) is 5.04. The van der Waals surface area contributed by atoms with Crippen molar-refractivity contribution in [3.05, 3.63) is 42.4 Å². The molecule has 7 heteroatoms. The normalized spacial score (nSPS) is 18.1. The van der Waals surface area contributed by atoms with Gasteiger partial charge in [0.05, 0.1) is 0 Å². The van der Waals surface area contributed by atoms with Gasteiger partial charge in [-0.1, -0.05) is 6.07 Å². The molecule has 2 saturated heterocycles. The molecule has 136 valence electrons. The maximum absolute atomic E-state index is 12.5. The molecule has 4 rings (SSSR count). The Balaban J connectivity index is 1.39. The summed E-state index contributed by atoms with van der Waals surface area (Å²) in [5.41, 5.74) is 0.510. The minimum Gasteiger partial charge on any atom is -0.353 e. The molecule has 2 aliphatic heterocycles. The van der Waals surface area contributed by atoms with Crippen LogP contribution in [0.2, 0.25) is 0 Å². The van der Waals surface area contributed by atoms with Crippen LogP contribution in [0.25, 0.3) is 0 Å². The molecule has 2 aliphatic rings. The van der Waals surface area contributed by atoms with Crippen molar-refractivity contribution in [1.29, 1.82) is 0 Å². The van der Waals surface area contributed by atoms with Crippen LogP contribution in [-0.4, -0.2) is 65.0 Å². The second kappa shape index (κ2) is 7.68. The lowest BCUT2D eigenvalue weighted by Crippen LogP contribution is -2.49. The quantitative estimate of drug-likeness (QED) is 0.840. The number of pyridine rings is 1. The van der Waals surface area contributed by atoms with Gasteiger partial charge in [0.1, 0.15) is 11.5 Å². The highest BCUT2D eigenvalue weighted by atomic mass is 16.2. The summed E-state index contributed by atoms with van der Waals surface area (Å²) in [6.45, 7) is 4.98. The number of hydrogen-bond acceptors (Lipinski definition) is 6. The molecule has 7 nitrogen and oxygen atoms in total. The Hall–Kier alpha value is -2.70. The second-order valence-corrected chi connectivity index (χ2v) is 6.76. The average molecular weight is 352 g/mol. The number of carbonyl (C=O) groups excluding carboxylic acids is 1. The van der Waals surface area contributed by atoms with Gasteiger partial charge in [-0.25, -0.2) is 4.98 Å². The number of piperazine rings is 1. The summed E-state index contributed by atoms with van der Waals surface area (Å²) in [5.74, 6) is 1.78. The summed E-state index contributed by atoms with van der Waals surface area (Å²) in [4.78, 5) is 32.3. The zero-order valence-electron chi connectivity index (χ0n) is 14.9. The number of piperidine rings is 1. The summed E-state index contributed by atoms with van der Waals surface area (Å²) in [5, 5.41) is 0. The Morgan fingerprint density at radius 3 is 2.35 bits per heavy atom. The Bertz CT molecular complexity index is 739. The van der Waals surface area contributed by atoms with Gasteiger partial charge in [0.2, 0.25) is 5.95 Å². The molecule has 0 unspecified atom stereocenters. The summed E-state index contributed by atoms with van der Waals surface area (Å²) < 4.78 is 0. The van der Waals surface area contributed by atoms with Crippen LogP contribution in [0.1, 0.15) is 29.8 Å². The standard InChI is InChI=1S/C19H24N6O/c26-18(16-6-2-3-8-20-16)24-14-12-23(13-15-24)17-7-9-21-19(22-17)25-10-4-1-5-11-25/h2-3,6-9H,1,4-5,10-15H2. The van der Waals surface area contributed by atoms with Crippen molar-refractivity contribution in [3.8, 4) is 0 Å². The van der Waals surface area contributed by atoms with E-state index in [1.807, 2.05) is 29.3 Å². The number of amides is 1. The molecule has 0 spiro atoms. The lowest BCUT2D eigenvalue weighted by Gasteiger charge is -2.35. The van der Waals surface area contributed by atoms with Crippen LogP contribution in [0.5, 0.6) is 0 Å². The number of anilines is 2. The fourth-order valence-corrected chi connectivity index (χ4v) is 3.55. The summed E-state index contributed by atoms with van der Waals surface area (Å²) in [6, 6.07) is 7.40. The van der Waals surface area contributed by atoms with Gasteiger partial charge >= 0.3 is 0 Å². The monoisotopic (exact) mass is 352 g/mol. The predicted molar refractivity (Wildman–Crippen MR) is 100 cm³/mol. The van der Waals surface area contributed by atoms with Gasteiger partial charge in [-0.2, -0.15) is 4.98 Å². The molecule has 0 bridgehead atoms. The van der Waals surface area contributed by atoms with Gasteiger partial charge in [0, 0.05) is 51.7 Å². The van der Waals surface area contributed by atoms with Gasteiger partial charge in [0.25, 0.3) is 5.91 Å². The molecule has 0 atom stereocenters. The van der Waals surface area contributed by atoms with E-state index in [2.05, 4.69) is 19.8 Å². The highest BCUT2D eigenvalue weighted by Crippen LogP contribution is 2.20. The van der Waals surface area contributed by atoms with E-state index in [9.17, 15) is 4.79 Å². The van der Waals surface area contributed by atoms with Crippen molar-refractivity contribution < 1.29 is 4.79 Å². The van der Waals surface area contributed by atoms with Crippen molar-refractivity contribution in [2.24, 2.45) is 0 Å². The van der Waals surface area contributed by atoms with Crippen LogP contribution in [0, 0.1) is 0 Å². The van der Waals surface area contributed by atoms with Crippen molar-refractivity contribution in [2.75, 3.05) is 49.1 Å². The Labute approximate surface area is 153 Å². The van der Waals surface area contributed by atoms with Crippen LogP contribution in [-0.2, 0) is 0 Å². The first kappa shape index (κ1) is 16.8. The maximum atomic E-state index is 12.5. The van der Waals surface area contributed by atoms with Gasteiger partial charge < -0.3 is 14.7 Å². The van der Waals surface area contributed by atoms with Crippen LogP contribution in [0.15, 0.2) is 36.7 Å². The molecule has 0 aliphatic carbocycles. The summed E-state index contributed by atoms with van der Waals surface area (Å²) >= 11 is 0. The van der Waals surface area contributed by atoms with E-state index in [1.54, 1.807) is 12.3 Å². The molecular formula is C19H24N6O. The molecule has 1 amide bonds. The van der Waals surface area contributed by atoms with Crippen molar-refractivity contribution >= 4 is 17.7 Å².